The average molecular weight is 343 g/mol. The van der Waals surface area contributed by atoms with E-state index < -0.39 is 0 Å². The fourth-order valence-electron chi connectivity index (χ4n) is 3.43. The summed E-state index contributed by atoms with van der Waals surface area (Å²) in [5, 5.41) is 0.898. The lowest BCUT2D eigenvalue weighted by atomic mass is 10.0. The number of nitrogens with zero attached hydrogens (tertiary/aromatic N) is 3. The van der Waals surface area contributed by atoms with Gasteiger partial charge in [0.1, 0.15) is 0 Å². The monoisotopic (exact) mass is 343 g/mol. The van der Waals surface area contributed by atoms with E-state index in [4.69, 9.17) is 4.98 Å². The first-order valence-corrected chi connectivity index (χ1v) is 9.71. The molecule has 0 radical (unpaired) electrons. The second-order valence-electron chi connectivity index (χ2n) is 6.22. The van der Waals surface area contributed by atoms with Crippen LogP contribution in [-0.4, -0.2) is 38.7 Å². The molecular formula is C19H25N3OS. The largest absolute Gasteiger partial charge is 0.339 e. The Hall–Kier alpha value is -1.75. The molecule has 1 aliphatic rings. The molecule has 5 heteroatoms. The van der Waals surface area contributed by atoms with Gasteiger partial charge in [-0.2, -0.15) is 0 Å². The number of allylic oxidation sites excluding steroid dienone is 1. The summed E-state index contributed by atoms with van der Waals surface area (Å²) in [4.78, 5) is 19.4. The number of fused-ring (bicyclic) bond motifs is 1. The summed E-state index contributed by atoms with van der Waals surface area (Å²) in [7, 11) is 0. The second kappa shape index (κ2) is 7.88. The van der Waals surface area contributed by atoms with Gasteiger partial charge in [0.05, 0.1) is 16.8 Å². The molecule has 1 aromatic heterocycles. The van der Waals surface area contributed by atoms with Crippen molar-refractivity contribution in [2.24, 2.45) is 0 Å². The zero-order valence-corrected chi connectivity index (χ0v) is 15.1. The minimum Gasteiger partial charge on any atom is -0.339 e. The van der Waals surface area contributed by atoms with Gasteiger partial charge in [0.25, 0.3) is 0 Å². The molecule has 2 heterocycles. The summed E-state index contributed by atoms with van der Waals surface area (Å²) in [6, 6.07) is 8.50. The fraction of sp³-hybridized carbons (Fsp3) is 0.474. The van der Waals surface area contributed by atoms with Crippen LogP contribution in [0.2, 0.25) is 0 Å². The molecule has 1 fully saturated rings. The first-order chi connectivity index (χ1) is 11.7. The number of benzene rings is 1. The van der Waals surface area contributed by atoms with Gasteiger partial charge in [-0.1, -0.05) is 36.9 Å². The van der Waals surface area contributed by atoms with Crippen LogP contribution in [0.5, 0.6) is 0 Å². The molecule has 1 atom stereocenters. The van der Waals surface area contributed by atoms with Crippen molar-refractivity contribution >= 4 is 28.7 Å². The van der Waals surface area contributed by atoms with Crippen molar-refractivity contribution in [3.63, 3.8) is 0 Å². The number of amides is 1. The Morgan fingerprint density at radius 3 is 3.04 bits per heavy atom. The van der Waals surface area contributed by atoms with Gasteiger partial charge in [0.15, 0.2) is 5.16 Å². The lowest BCUT2D eigenvalue weighted by Gasteiger charge is -2.35. The number of imidazole rings is 1. The zero-order chi connectivity index (χ0) is 16.9. The number of carbonyl (C=O) groups excluding carboxylic acids is 1. The number of thioether (sulfide) groups is 1. The normalized spacial score (nSPS) is 18.0. The van der Waals surface area contributed by atoms with Crippen LogP contribution in [0.25, 0.3) is 11.0 Å². The summed E-state index contributed by atoms with van der Waals surface area (Å²) < 4.78 is 2.13. The first-order valence-electron chi connectivity index (χ1n) is 8.73. The van der Waals surface area contributed by atoms with Crippen molar-refractivity contribution in [1.29, 1.82) is 0 Å². The molecule has 24 heavy (non-hydrogen) atoms. The van der Waals surface area contributed by atoms with Crippen LogP contribution in [0.1, 0.15) is 32.6 Å². The Kier molecular flexibility index (Phi) is 5.61. The van der Waals surface area contributed by atoms with Crippen molar-refractivity contribution < 1.29 is 4.79 Å². The molecule has 1 aliphatic heterocycles. The van der Waals surface area contributed by atoms with Crippen LogP contribution in [0, 0.1) is 0 Å². The molecule has 0 aliphatic carbocycles. The number of likely N-dealkylation sites (tertiary alicyclic amines) is 1. The molecule has 128 valence electrons. The summed E-state index contributed by atoms with van der Waals surface area (Å²) in [5.74, 6) is 0.695. The zero-order valence-electron chi connectivity index (χ0n) is 14.3. The molecule has 1 saturated heterocycles. The minimum atomic E-state index is 0.240. The molecule has 4 nitrogen and oxygen atoms in total. The summed E-state index contributed by atoms with van der Waals surface area (Å²) >= 11 is 1.54. The van der Waals surface area contributed by atoms with E-state index in [1.54, 1.807) is 0 Å². The average Bonchev–Trinajstić information content (AvgIpc) is 2.98. The first kappa shape index (κ1) is 17.1. The highest BCUT2D eigenvalue weighted by Gasteiger charge is 2.25. The van der Waals surface area contributed by atoms with Crippen molar-refractivity contribution in [3.8, 4) is 0 Å². The lowest BCUT2D eigenvalue weighted by Crippen LogP contribution is -2.44. The Labute approximate surface area is 147 Å². The van der Waals surface area contributed by atoms with Crippen molar-refractivity contribution in [2.45, 2.75) is 50.4 Å². The summed E-state index contributed by atoms with van der Waals surface area (Å²) in [5.41, 5.74) is 2.07. The maximum absolute atomic E-state index is 12.7. The van der Waals surface area contributed by atoms with Crippen LogP contribution in [0.4, 0.5) is 0 Å². The standard InChI is InChI=1S/C19H25N3OS/c1-3-12-22-17-11-6-5-10-16(17)20-19(22)24-14-18(23)21-13-8-7-9-15(21)4-2/h3,5-6,10-11,15H,1,4,7-9,12-14H2,2H3. The molecule has 1 aromatic carbocycles. The van der Waals surface area contributed by atoms with Crippen molar-refractivity contribution in [3.05, 3.63) is 36.9 Å². The number of hydrogen-bond donors (Lipinski definition) is 0. The van der Waals surface area contributed by atoms with E-state index in [9.17, 15) is 4.79 Å². The maximum atomic E-state index is 12.7. The van der Waals surface area contributed by atoms with Gasteiger partial charge in [-0.25, -0.2) is 4.98 Å². The lowest BCUT2D eigenvalue weighted by molar-refractivity contribution is -0.132. The number of hydrogen-bond acceptors (Lipinski definition) is 3. The Bertz CT molecular complexity index is 724. The van der Waals surface area contributed by atoms with Gasteiger partial charge in [0.2, 0.25) is 5.91 Å². The SMILES string of the molecule is C=CCn1c(SCC(=O)N2CCCCC2CC)nc2ccccc21. The second-order valence-corrected chi connectivity index (χ2v) is 7.16. The van der Waals surface area contributed by atoms with E-state index in [0.717, 1.165) is 42.0 Å². The van der Waals surface area contributed by atoms with Crippen LogP contribution in [0.15, 0.2) is 42.1 Å². The molecule has 0 N–H and O–H groups in total. The highest BCUT2D eigenvalue weighted by molar-refractivity contribution is 7.99. The van der Waals surface area contributed by atoms with Crippen LogP contribution < -0.4 is 0 Å². The summed E-state index contributed by atoms with van der Waals surface area (Å²) in [6.07, 6.45) is 6.43. The predicted octanol–water partition coefficient (Wildman–Crippen LogP) is 4.11. The molecule has 0 saturated carbocycles. The Balaban J connectivity index is 1.74. The third-order valence-corrected chi connectivity index (χ3v) is 5.64. The third-order valence-electron chi connectivity index (χ3n) is 4.67. The van der Waals surface area contributed by atoms with Gasteiger partial charge in [-0.3, -0.25) is 4.79 Å². The number of rotatable bonds is 6. The maximum Gasteiger partial charge on any atom is 0.233 e. The van der Waals surface area contributed by atoms with Gasteiger partial charge < -0.3 is 9.47 Å². The molecule has 0 spiro atoms. The van der Waals surface area contributed by atoms with E-state index in [-0.39, 0.29) is 5.91 Å². The van der Waals surface area contributed by atoms with E-state index in [1.165, 1.54) is 18.2 Å². The highest BCUT2D eigenvalue weighted by Crippen LogP contribution is 2.26. The summed E-state index contributed by atoms with van der Waals surface area (Å²) in [6.45, 7) is 7.62. The number of aromatic nitrogens is 2. The number of piperidine rings is 1. The van der Waals surface area contributed by atoms with Crippen LogP contribution in [-0.2, 0) is 11.3 Å². The van der Waals surface area contributed by atoms with E-state index >= 15 is 0 Å². The predicted molar refractivity (Wildman–Crippen MR) is 100 cm³/mol. The molecule has 0 bridgehead atoms. The van der Waals surface area contributed by atoms with Gasteiger partial charge in [-0.15, -0.1) is 6.58 Å². The van der Waals surface area contributed by atoms with Gasteiger partial charge in [0, 0.05) is 19.1 Å². The van der Waals surface area contributed by atoms with Gasteiger partial charge in [-0.05, 0) is 37.8 Å². The topological polar surface area (TPSA) is 38.1 Å². The highest BCUT2D eigenvalue weighted by atomic mass is 32.2. The van der Waals surface area contributed by atoms with Crippen molar-refractivity contribution in [1.82, 2.24) is 14.5 Å². The molecule has 3 rings (SSSR count). The van der Waals surface area contributed by atoms with E-state index in [0.29, 0.717) is 18.3 Å². The van der Waals surface area contributed by atoms with Crippen LogP contribution >= 0.6 is 11.8 Å². The fourth-order valence-corrected chi connectivity index (χ4v) is 4.34. The third kappa shape index (κ3) is 3.51. The van der Waals surface area contributed by atoms with Gasteiger partial charge >= 0.3 is 0 Å². The molecule has 1 unspecified atom stereocenters. The van der Waals surface area contributed by atoms with Crippen molar-refractivity contribution in [2.75, 3.05) is 12.3 Å². The van der Waals surface area contributed by atoms with Crippen LogP contribution in [0.3, 0.4) is 0 Å². The Morgan fingerprint density at radius 2 is 2.25 bits per heavy atom. The molecule has 1 amide bonds. The van der Waals surface area contributed by atoms with E-state index in [1.807, 2.05) is 24.3 Å². The van der Waals surface area contributed by atoms with E-state index in [2.05, 4.69) is 29.0 Å². The Morgan fingerprint density at radius 1 is 1.42 bits per heavy atom. The molecular weight excluding hydrogens is 318 g/mol. The molecule has 2 aromatic rings. The smallest absolute Gasteiger partial charge is 0.233 e. The quantitative estimate of drug-likeness (QED) is 0.585. The number of carbonyl (C=O) groups is 1. The number of para-hydroxylation sites is 2. The minimum absolute atomic E-state index is 0.240.